The fourth-order valence-electron chi connectivity index (χ4n) is 2.21. The van der Waals surface area contributed by atoms with Crippen LogP contribution in [0.25, 0.3) is 5.82 Å². The highest BCUT2D eigenvalue weighted by Crippen LogP contribution is 2.29. The highest BCUT2D eigenvalue weighted by atomic mass is 19.4. The lowest BCUT2D eigenvalue weighted by Crippen LogP contribution is -2.20. The van der Waals surface area contributed by atoms with E-state index in [9.17, 15) is 18.0 Å². The molecule has 12 heteroatoms. The molecule has 3 aromatic rings. The molecule has 0 fully saturated rings. The number of aromatic nitrogens is 7. The van der Waals surface area contributed by atoms with Crippen LogP contribution in [-0.4, -0.2) is 40.9 Å². The number of rotatable bonds is 4. The monoisotopic (exact) mass is 380 g/mol. The van der Waals surface area contributed by atoms with Crippen LogP contribution in [0, 0.1) is 0 Å². The van der Waals surface area contributed by atoms with Gasteiger partial charge in [0.1, 0.15) is 5.69 Å². The van der Waals surface area contributed by atoms with Crippen LogP contribution < -0.4 is 5.32 Å². The van der Waals surface area contributed by atoms with E-state index in [-0.39, 0.29) is 23.2 Å². The van der Waals surface area contributed by atoms with Gasteiger partial charge in [0.2, 0.25) is 5.95 Å². The number of hydrogen-bond donors (Lipinski definition) is 1. The number of nitrogens with zero attached hydrogens (tertiary/aromatic N) is 7. The topological polar surface area (TPSA) is 103 Å². The molecule has 0 unspecified atom stereocenters. The standard InChI is InChI=1S/C15H15F3N8O/c1-8(2)9-6-19-26(7-9)12-10(4-5-11(20-12)15(16,17)18)13(27)21-14-22-23-24-25(14)3/h4-8H,1-3H3,(H,21,22,24,27). The summed E-state index contributed by atoms with van der Waals surface area (Å²) in [5.41, 5.74) is -0.446. The average Bonchev–Trinajstić information content (AvgIpc) is 3.23. The maximum Gasteiger partial charge on any atom is 0.433 e. The fourth-order valence-corrected chi connectivity index (χ4v) is 2.21. The van der Waals surface area contributed by atoms with E-state index in [1.165, 1.54) is 24.1 Å². The van der Waals surface area contributed by atoms with Crippen LogP contribution >= 0.6 is 0 Å². The lowest BCUT2D eigenvalue weighted by molar-refractivity contribution is -0.141. The molecule has 1 N–H and O–H groups in total. The molecule has 0 saturated heterocycles. The molecular formula is C15H15F3N8O. The number of amides is 1. The third-order valence-corrected chi connectivity index (χ3v) is 3.74. The van der Waals surface area contributed by atoms with Gasteiger partial charge in [0.15, 0.2) is 5.82 Å². The third kappa shape index (κ3) is 3.78. The average molecular weight is 380 g/mol. The lowest BCUT2D eigenvalue weighted by Gasteiger charge is -2.12. The zero-order valence-electron chi connectivity index (χ0n) is 14.6. The summed E-state index contributed by atoms with van der Waals surface area (Å²) in [4.78, 5) is 16.2. The molecule has 0 aromatic carbocycles. The summed E-state index contributed by atoms with van der Waals surface area (Å²) in [6.07, 6.45) is -1.61. The van der Waals surface area contributed by atoms with Crippen molar-refractivity contribution in [2.45, 2.75) is 25.9 Å². The molecule has 0 bridgehead atoms. The Morgan fingerprint density at radius 1 is 1.26 bits per heavy atom. The first kappa shape index (κ1) is 18.5. The molecule has 3 rings (SSSR count). The number of pyridine rings is 1. The van der Waals surface area contributed by atoms with Crippen LogP contribution in [0.2, 0.25) is 0 Å². The minimum absolute atomic E-state index is 0.0363. The number of aryl methyl sites for hydroxylation is 1. The Kier molecular flexibility index (Phi) is 4.64. The summed E-state index contributed by atoms with van der Waals surface area (Å²) < 4.78 is 41.6. The van der Waals surface area contributed by atoms with Gasteiger partial charge in [-0.05, 0) is 34.0 Å². The molecular weight excluding hydrogens is 365 g/mol. The van der Waals surface area contributed by atoms with E-state index in [2.05, 4.69) is 30.9 Å². The largest absolute Gasteiger partial charge is 0.433 e. The number of hydrogen-bond acceptors (Lipinski definition) is 6. The Labute approximate surface area is 151 Å². The van der Waals surface area contributed by atoms with Crippen molar-refractivity contribution in [1.29, 1.82) is 0 Å². The van der Waals surface area contributed by atoms with E-state index in [0.29, 0.717) is 0 Å². The summed E-state index contributed by atoms with van der Waals surface area (Å²) in [5, 5.41) is 17.1. The zero-order chi connectivity index (χ0) is 19.8. The molecule has 142 valence electrons. The number of nitrogens with one attached hydrogen (secondary N) is 1. The van der Waals surface area contributed by atoms with Crippen molar-refractivity contribution in [2.24, 2.45) is 7.05 Å². The molecule has 0 atom stereocenters. The molecule has 0 aliphatic rings. The predicted molar refractivity (Wildman–Crippen MR) is 87.2 cm³/mol. The van der Waals surface area contributed by atoms with Crippen molar-refractivity contribution < 1.29 is 18.0 Å². The fraction of sp³-hybridized carbons (Fsp3) is 0.333. The van der Waals surface area contributed by atoms with E-state index >= 15 is 0 Å². The van der Waals surface area contributed by atoms with Crippen LogP contribution in [0.4, 0.5) is 19.1 Å². The molecule has 1 amide bonds. The van der Waals surface area contributed by atoms with Crippen LogP contribution in [0.3, 0.4) is 0 Å². The van der Waals surface area contributed by atoms with E-state index in [4.69, 9.17) is 0 Å². The minimum atomic E-state index is -4.66. The van der Waals surface area contributed by atoms with Gasteiger partial charge >= 0.3 is 6.18 Å². The molecule has 0 spiro atoms. The number of carbonyl (C=O) groups is 1. The SMILES string of the molecule is CC(C)c1cnn(-c2nc(C(F)(F)F)ccc2C(=O)Nc2nnnn2C)c1. The summed E-state index contributed by atoms with van der Waals surface area (Å²) in [6.45, 7) is 3.82. The van der Waals surface area contributed by atoms with Gasteiger partial charge in [0.05, 0.1) is 11.8 Å². The van der Waals surface area contributed by atoms with Crippen molar-refractivity contribution in [3.8, 4) is 5.82 Å². The zero-order valence-corrected chi connectivity index (χ0v) is 14.6. The normalized spacial score (nSPS) is 11.8. The van der Waals surface area contributed by atoms with Crippen LogP contribution in [0.5, 0.6) is 0 Å². The van der Waals surface area contributed by atoms with Crippen LogP contribution in [0.15, 0.2) is 24.5 Å². The Hall–Kier alpha value is -3.31. The minimum Gasteiger partial charge on any atom is -0.289 e. The van der Waals surface area contributed by atoms with Gasteiger partial charge in [-0.15, -0.1) is 0 Å². The van der Waals surface area contributed by atoms with E-state index in [0.717, 1.165) is 22.4 Å². The number of anilines is 1. The van der Waals surface area contributed by atoms with Crippen molar-refractivity contribution in [3.05, 3.63) is 41.3 Å². The highest BCUT2D eigenvalue weighted by molar-refractivity contribution is 6.05. The summed E-state index contributed by atoms with van der Waals surface area (Å²) >= 11 is 0. The second-order valence-corrected chi connectivity index (χ2v) is 6.02. The van der Waals surface area contributed by atoms with Crippen LogP contribution in [0.1, 0.15) is 41.4 Å². The molecule has 3 heterocycles. The molecule has 9 nitrogen and oxygen atoms in total. The maximum atomic E-state index is 13.1. The number of alkyl halides is 3. The van der Waals surface area contributed by atoms with E-state index < -0.39 is 17.8 Å². The quantitative estimate of drug-likeness (QED) is 0.744. The molecule has 0 radical (unpaired) electrons. The van der Waals surface area contributed by atoms with Crippen molar-refractivity contribution in [3.63, 3.8) is 0 Å². The Bertz CT molecular complexity index is 976. The Morgan fingerprint density at radius 2 is 2.00 bits per heavy atom. The first-order valence-electron chi connectivity index (χ1n) is 7.83. The van der Waals surface area contributed by atoms with Gasteiger partial charge in [-0.3, -0.25) is 10.1 Å². The first-order chi connectivity index (χ1) is 12.7. The van der Waals surface area contributed by atoms with Gasteiger partial charge in [-0.25, -0.2) is 14.3 Å². The van der Waals surface area contributed by atoms with Gasteiger partial charge in [-0.1, -0.05) is 18.9 Å². The summed E-state index contributed by atoms with van der Waals surface area (Å²) in [5.74, 6) is -0.823. The Balaban J connectivity index is 2.06. The molecule has 0 aliphatic heterocycles. The van der Waals surface area contributed by atoms with Gasteiger partial charge in [0.25, 0.3) is 5.91 Å². The van der Waals surface area contributed by atoms with Crippen molar-refractivity contribution in [1.82, 2.24) is 35.0 Å². The first-order valence-corrected chi connectivity index (χ1v) is 7.83. The van der Waals surface area contributed by atoms with Crippen molar-refractivity contribution in [2.75, 3.05) is 5.32 Å². The van der Waals surface area contributed by atoms with Gasteiger partial charge in [-0.2, -0.15) is 18.3 Å². The number of halogens is 3. The second-order valence-electron chi connectivity index (χ2n) is 6.02. The van der Waals surface area contributed by atoms with E-state index in [1.807, 2.05) is 13.8 Å². The number of tetrazole rings is 1. The smallest absolute Gasteiger partial charge is 0.289 e. The molecule has 27 heavy (non-hydrogen) atoms. The number of carbonyl (C=O) groups excluding carboxylic acids is 1. The van der Waals surface area contributed by atoms with Gasteiger partial charge < -0.3 is 0 Å². The third-order valence-electron chi connectivity index (χ3n) is 3.74. The maximum absolute atomic E-state index is 13.1. The van der Waals surface area contributed by atoms with Gasteiger partial charge in [0, 0.05) is 13.2 Å². The summed E-state index contributed by atoms with van der Waals surface area (Å²) in [7, 11) is 1.50. The van der Waals surface area contributed by atoms with Crippen molar-refractivity contribution >= 4 is 11.9 Å². The van der Waals surface area contributed by atoms with E-state index in [1.54, 1.807) is 0 Å². The predicted octanol–water partition coefficient (Wildman–Crippen LogP) is 2.19. The highest BCUT2D eigenvalue weighted by Gasteiger charge is 2.34. The second kappa shape index (κ2) is 6.78. The Morgan fingerprint density at radius 3 is 2.56 bits per heavy atom. The van der Waals surface area contributed by atoms with Crippen LogP contribution in [-0.2, 0) is 13.2 Å². The lowest BCUT2D eigenvalue weighted by atomic mass is 10.1. The molecule has 0 saturated carbocycles. The summed E-state index contributed by atoms with van der Waals surface area (Å²) in [6, 6.07) is 1.78. The molecule has 3 aromatic heterocycles. The molecule has 0 aliphatic carbocycles.